The van der Waals surface area contributed by atoms with E-state index in [2.05, 4.69) is 241 Å². The van der Waals surface area contributed by atoms with Crippen molar-refractivity contribution in [3.63, 3.8) is 0 Å². The summed E-state index contributed by atoms with van der Waals surface area (Å²) in [6.45, 7) is 2.28. The maximum atomic E-state index is 7.43. The van der Waals surface area contributed by atoms with Gasteiger partial charge in [0.05, 0.1) is 34.1 Å². The molecule has 11 aromatic carbocycles. The third-order valence-electron chi connectivity index (χ3n) is 16.2. The lowest BCUT2D eigenvalue weighted by Crippen LogP contribution is -2.29. The Bertz CT molecular complexity index is 4740. The first-order valence-electron chi connectivity index (χ1n) is 26.8. The fraction of sp³-hybridized carbons (Fsp3) is 0.0411. The highest BCUT2D eigenvalue weighted by Gasteiger charge is 2.51. The van der Waals surface area contributed by atoms with Crippen LogP contribution in [0.15, 0.2) is 268 Å². The molecule has 1 unspecified atom stereocenters. The Morgan fingerprint density at radius 2 is 0.962 bits per heavy atom. The number of fused-ring (bicyclic) bond motifs is 15. The van der Waals surface area contributed by atoms with Gasteiger partial charge < -0.3 is 27.8 Å². The predicted molar refractivity (Wildman–Crippen MR) is 320 cm³/mol. The minimum absolute atomic E-state index is 0.144. The number of furan rings is 3. The van der Waals surface area contributed by atoms with Gasteiger partial charge in [-0.15, -0.1) is 0 Å². The minimum atomic E-state index is -0.938. The van der Waals surface area contributed by atoms with Crippen molar-refractivity contribution in [3.8, 4) is 16.9 Å². The van der Waals surface area contributed by atoms with E-state index in [0.717, 1.165) is 139 Å². The lowest BCUT2D eigenvalue weighted by molar-refractivity contribution is 0.473. The zero-order valence-electron chi connectivity index (χ0n) is 42.9. The van der Waals surface area contributed by atoms with Crippen LogP contribution in [-0.2, 0) is 5.41 Å². The van der Waals surface area contributed by atoms with Crippen molar-refractivity contribution in [1.82, 2.24) is 0 Å². The van der Waals surface area contributed by atoms with E-state index in [-0.39, 0.29) is 5.92 Å². The molecule has 79 heavy (non-hydrogen) atoms. The van der Waals surface area contributed by atoms with Crippen LogP contribution in [0, 0.1) is 12.1 Å². The highest BCUT2D eigenvalue weighted by Crippen LogP contribution is 2.65. The van der Waals surface area contributed by atoms with Crippen LogP contribution in [0.3, 0.4) is 0 Å². The second-order valence-corrected chi connectivity index (χ2v) is 20.5. The van der Waals surface area contributed by atoms with Crippen LogP contribution < -0.4 is 14.5 Å². The minimum Gasteiger partial charge on any atom is -0.462 e. The van der Waals surface area contributed by atoms with E-state index in [4.69, 9.17) is 18.0 Å². The van der Waals surface area contributed by atoms with Crippen molar-refractivity contribution in [3.05, 3.63) is 295 Å². The molecule has 0 fully saturated rings. The van der Waals surface area contributed by atoms with Gasteiger partial charge in [-0.2, -0.15) is 0 Å². The van der Waals surface area contributed by atoms with Crippen molar-refractivity contribution in [2.75, 3.05) is 9.80 Å². The van der Waals surface area contributed by atoms with Gasteiger partial charge in [-0.25, -0.2) is 0 Å². The van der Waals surface area contributed by atoms with Crippen LogP contribution in [0.4, 0.5) is 34.1 Å². The van der Waals surface area contributed by atoms with Gasteiger partial charge in [0.1, 0.15) is 27.9 Å². The number of hydrogen-bond donors (Lipinski definition) is 0. The van der Waals surface area contributed by atoms with Gasteiger partial charge in [-0.05, 0) is 125 Å². The number of allylic oxidation sites excluding steroid dienone is 3. The standard InChI is InChI=1S/C73H46N2O4/c1-46-22-20-21-41-76-71-61(75(50-29-12-5-13-30-50)52-38-40-56-54-32-15-18-35-63(54)78-66(56)43-52)45-58-69(67(46)71)70-59(73(58,47-23-6-2-7-24-47)48-25-8-3-9-26-48)44-60(68-57-33-16-19-36-64(57)79-72(68)70)74(49-27-10-4-11-28-49)51-37-39-55-53-31-14-17-34-62(53)77-65(55)42-51/h2-18,20-35,37-46H,1H3/b22-20-,41-21-. The molecule has 2 aliphatic rings. The molecule has 6 heteroatoms. The molecule has 4 heterocycles. The number of rotatable bonds is 8. The summed E-state index contributed by atoms with van der Waals surface area (Å²) >= 11 is 0. The lowest BCUT2D eigenvalue weighted by atomic mass is 9.67. The van der Waals surface area contributed by atoms with E-state index in [0.29, 0.717) is 5.58 Å². The first kappa shape index (κ1) is 44.8. The Hall–Kier alpha value is -10.5. The predicted octanol–water partition coefficient (Wildman–Crippen LogP) is 19.9. The van der Waals surface area contributed by atoms with Gasteiger partial charge in [-0.1, -0.05) is 159 Å². The summed E-state index contributed by atoms with van der Waals surface area (Å²) in [6.07, 6.45) is 8.16. The Morgan fingerprint density at radius 1 is 0.443 bits per heavy atom. The monoisotopic (exact) mass is 1010 g/mol. The zero-order chi connectivity index (χ0) is 52.2. The molecular weight excluding hydrogens is 969 g/mol. The third kappa shape index (κ3) is 6.67. The van der Waals surface area contributed by atoms with Crippen LogP contribution in [0.25, 0.3) is 76.9 Å². The van der Waals surface area contributed by atoms with Crippen molar-refractivity contribution in [1.29, 1.82) is 0 Å². The van der Waals surface area contributed by atoms with Crippen LogP contribution in [-0.4, -0.2) is 0 Å². The number of nitrogens with zero attached hydrogens (tertiary/aromatic N) is 2. The average molecular weight is 1020 g/mol. The fourth-order valence-corrected chi connectivity index (χ4v) is 12.9. The van der Waals surface area contributed by atoms with E-state index in [1.807, 2.05) is 42.7 Å². The molecule has 1 aliphatic carbocycles. The molecule has 0 spiro atoms. The number of ether oxygens (including phenoxy) is 1. The molecule has 1 atom stereocenters. The maximum absolute atomic E-state index is 7.43. The summed E-state index contributed by atoms with van der Waals surface area (Å²) in [5.41, 5.74) is 16.8. The Balaban J connectivity index is 1.07. The Labute approximate surface area is 455 Å². The van der Waals surface area contributed by atoms with Gasteiger partial charge in [0.2, 0.25) is 0 Å². The normalized spacial score (nSPS) is 15.1. The van der Waals surface area contributed by atoms with Crippen LogP contribution in [0.2, 0.25) is 0 Å². The topological polar surface area (TPSA) is 55.1 Å². The van der Waals surface area contributed by atoms with Gasteiger partial charge in [0.25, 0.3) is 0 Å². The second kappa shape index (κ2) is 17.5. The van der Waals surface area contributed by atoms with Crippen molar-refractivity contribution < 1.29 is 18.0 Å². The fourth-order valence-electron chi connectivity index (χ4n) is 12.9. The highest BCUT2D eigenvalue weighted by molar-refractivity contribution is 6.20. The summed E-state index contributed by atoms with van der Waals surface area (Å²) in [6, 6.07) is 88.4. The molecule has 14 aromatic rings. The molecule has 0 saturated carbocycles. The second-order valence-electron chi connectivity index (χ2n) is 20.5. The van der Waals surface area contributed by atoms with Crippen molar-refractivity contribution >= 4 is 99.9 Å². The molecule has 16 rings (SSSR count). The molecule has 3 aromatic heterocycles. The summed E-state index contributed by atoms with van der Waals surface area (Å²) in [5, 5.41) is 6.15. The molecule has 0 saturated heterocycles. The van der Waals surface area contributed by atoms with E-state index >= 15 is 0 Å². The Morgan fingerprint density at radius 3 is 1.57 bits per heavy atom. The van der Waals surface area contributed by atoms with Crippen molar-refractivity contribution in [2.45, 2.75) is 18.3 Å². The van der Waals surface area contributed by atoms with Crippen molar-refractivity contribution in [2.24, 2.45) is 0 Å². The zero-order valence-corrected chi connectivity index (χ0v) is 42.9. The van der Waals surface area contributed by atoms with E-state index in [1.165, 1.54) is 0 Å². The lowest BCUT2D eigenvalue weighted by Gasteiger charge is -2.36. The van der Waals surface area contributed by atoms with Gasteiger partial charge in [-0.3, -0.25) is 0 Å². The van der Waals surface area contributed by atoms with Crippen LogP contribution in [0.1, 0.15) is 40.7 Å². The number of benzene rings is 10. The third-order valence-corrected chi connectivity index (χ3v) is 16.2. The van der Waals surface area contributed by atoms with E-state index < -0.39 is 5.41 Å². The summed E-state index contributed by atoms with van der Waals surface area (Å²) in [7, 11) is 0. The molecule has 6 nitrogen and oxygen atoms in total. The largest absolute Gasteiger partial charge is 0.462 e. The molecular formula is C73H46N2O4. The quantitative estimate of drug-likeness (QED) is 0.151. The summed E-state index contributed by atoms with van der Waals surface area (Å²) in [5.74, 6) is 0.594. The molecule has 0 N–H and O–H groups in total. The van der Waals surface area contributed by atoms with Crippen LogP contribution in [0.5, 0.6) is 5.75 Å². The molecule has 372 valence electrons. The van der Waals surface area contributed by atoms with Crippen LogP contribution >= 0.6 is 0 Å². The molecule has 0 amide bonds. The number of anilines is 6. The van der Waals surface area contributed by atoms with Gasteiger partial charge in [0.15, 0.2) is 11.3 Å². The number of para-hydroxylation sites is 4. The molecule has 1 aliphatic heterocycles. The average Bonchev–Trinajstić information content (AvgIpc) is 3.99. The SMILES string of the molecule is CC1/C=C\C=C/Oc2c(N(c3ccccc3)c3ccc4c(c3)oc3ccccc34)cc3c(c21)-c1c(cc(N(c2ccccc2)c2ccc4c(c2)oc2ccccc24)c2c1oc1c#cccc12)C3(c1ccccc1)c1ccccc1. The summed E-state index contributed by atoms with van der Waals surface area (Å²) in [4.78, 5) is 4.70. The smallest absolute Gasteiger partial charge is 0.185 e. The van der Waals surface area contributed by atoms with Gasteiger partial charge in [0, 0.05) is 73.2 Å². The first-order chi connectivity index (χ1) is 39.1. The summed E-state index contributed by atoms with van der Waals surface area (Å²) < 4.78 is 27.9. The molecule has 0 bridgehead atoms. The van der Waals surface area contributed by atoms with E-state index in [9.17, 15) is 0 Å². The maximum Gasteiger partial charge on any atom is 0.185 e. The Kier molecular flexibility index (Phi) is 9.94. The number of hydrogen-bond acceptors (Lipinski definition) is 6. The highest BCUT2D eigenvalue weighted by atomic mass is 16.5. The first-order valence-corrected chi connectivity index (χ1v) is 26.8. The molecule has 0 radical (unpaired) electrons. The van der Waals surface area contributed by atoms with Gasteiger partial charge >= 0.3 is 0 Å². The van der Waals surface area contributed by atoms with E-state index in [1.54, 1.807) is 0 Å².